The monoisotopic (exact) mass is 320 g/mol. The van der Waals surface area contributed by atoms with Crippen LogP contribution in [0, 0.1) is 0 Å². The van der Waals surface area contributed by atoms with Crippen LogP contribution in [0.5, 0.6) is 0 Å². The number of morpholine rings is 1. The Labute approximate surface area is 136 Å². The largest absolute Gasteiger partial charge is 0.452 e. The summed E-state index contributed by atoms with van der Waals surface area (Å²) in [5.74, 6) is -0.779. The summed E-state index contributed by atoms with van der Waals surface area (Å²) in [6.07, 6.45) is 0. The molecule has 0 atom stereocenters. The van der Waals surface area contributed by atoms with Crippen LogP contribution in [0.25, 0.3) is 0 Å². The summed E-state index contributed by atoms with van der Waals surface area (Å²) < 4.78 is 10.3. The fourth-order valence-electron chi connectivity index (χ4n) is 2.34. The molecule has 1 N–H and O–H groups in total. The predicted octanol–water partition coefficient (Wildman–Crippen LogP) is 1.20. The van der Waals surface area contributed by atoms with Gasteiger partial charge in [0.05, 0.1) is 18.8 Å². The van der Waals surface area contributed by atoms with Gasteiger partial charge in [0.25, 0.3) is 5.91 Å². The van der Waals surface area contributed by atoms with Crippen LogP contribution in [0.2, 0.25) is 0 Å². The zero-order valence-electron chi connectivity index (χ0n) is 13.7. The van der Waals surface area contributed by atoms with Crippen molar-refractivity contribution in [2.45, 2.75) is 26.4 Å². The van der Waals surface area contributed by atoms with Crippen molar-refractivity contribution in [3.8, 4) is 0 Å². The average molecular weight is 320 g/mol. The molecular formula is C17H24N2O4. The molecule has 0 radical (unpaired) electrons. The fourth-order valence-corrected chi connectivity index (χ4v) is 2.34. The summed E-state index contributed by atoms with van der Waals surface area (Å²) in [6, 6.07) is 7.33. The van der Waals surface area contributed by atoms with Gasteiger partial charge in [-0.1, -0.05) is 12.1 Å². The molecule has 2 rings (SSSR count). The van der Waals surface area contributed by atoms with Gasteiger partial charge in [0.15, 0.2) is 6.61 Å². The van der Waals surface area contributed by atoms with E-state index in [1.165, 1.54) is 0 Å². The third-order valence-electron chi connectivity index (χ3n) is 3.48. The minimum absolute atomic E-state index is 0.0284. The van der Waals surface area contributed by atoms with E-state index in [4.69, 9.17) is 9.47 Å². The van der Waals surface area contributed by atoms with Gasteiger partial charge in [0, 0.05) is 25.7 Å². The molecule has 0 saturated carbocycles. The Kier molecular flexibility index (Phi) is 6.55. The fraction of sp³-hybridized carbons (Fsp3) is 0.529. The summed E-state index contributed by atoms with van der Waals surface area (Å²) in [5, 5.41) is 2.67. The highest BCUT2D eigenvalue weighted by Crippen LogP contribution is 2.10. The zero-order valence-corrected chi connectivity index (χ0v) is 13.7. The number of nitrogens with zero attached hydrogens (tertiary/aromatic N) is 1. The Bertz CT molecular complexity index is 522. The number of benzene rings is 1. The summed E-state index contributed by atoms with van der Waals surface area (Å²) in [4.78, 5) is 25.7. The molecule has 23 heavy (non-hydrogen) atoms. The molecule has 6 heteroatoms. The normalized spacial score (nSPS) is 15.4. The van der Waals surface area contributed by atoms with Crippen LogP contribution in [0.1, 0.15) is 29.8 Å². The molecule has 1 aliphatic heterocycles. The van der Waals surface area contributed by atoms with E-state index in [1.54, 1.807) is 12.1 Å². The van der Waals surface area contributed by atoms with Crippen molar-refractivity contribution in [2.75, 3.05) is 32.9 Å². The van der Waals surface area contributed by atoms with Crippen LogP contribution < -0.4 is 5.32 Å². The number of rotatable bonds is 6. The molecule has 0 bridgehead atoms. The number of amides is 1. The molecule has 1 fully saturated rings. The van der Waals surface area contributed by atoms with E-state index in [2.05, 4.69) is 10.2 Å². The van der Waals surface area contributed by atoms with Crippen molar-refractivity contribution in [3.05, 3.63) is 35.4 Å². The van der Waals surface area contributed by atoms with Gasteiger partial charge in [0.2, 0.25) is 0 Å². The second-order valence-electron chi connectivity index (χ2n) is 5.88. The number of nitrogens with one attached hydrogen (secondary N) is 1. The Morgan fingerprint density at radius 3 is 2.48 bits per heavy atom. The van der Waals surface area contributed by atoms with Crippen LogP contribution >= 0.6 is 0 Å². The highest BCUT2D eigenvalue weighted by Gasteiger charge is 2.13. The van der Waals surface area contributed by atoms with Crippen molar-refractivity contribution in [1.82, 2.24) is 10.2 Å². The first kappa shape index (κ1) is 17.4. The van der Waals surface area contributed by atoms with Gasteiger partial charge in [-0.2, -0.15) is 0 Å². The standard InChI is InChI=1S/C17H24N2O4/c1-13(2)18-16(20)12-23-17(21)15-5-3-14(4-6-15)11-19-7-9-22-10-8-19/h3-6,13H,7-12H2,1-2H3,(H,18,20). The maximum absolute atomic E-state index is 11.9. The summed E-state index contributed by atoms with van der Waals surface area (Å²) in [6.45, 7) is 7.68. The smallest absolute Gasteiger partial charge is 0.338 e. The van der Waals surface area contributed by atoms with Gasteiger partial charge >= 0.3 is 5.97 Å². The molecule has 0 unspecified atom stereocenters. The number of carbonyl (C=O) groups is 2. The van der Waals surface area contributed by atoms with E-state index in [0.717, 1.165) is 38.4 Å². The summed E-state index contributed by atoms with van der Waals surface area (Å²) in [5.41, 5.74) is 1.59. The second kappa shape index (κ2) is 8.64. The number of ether oxygens (including phenoxy) is 2. The van der Waals surface area contributed by atoms with Gasteiger partial charge in [0.1, 0.15) is 0 Å². The van der Waals surface area contributed by atoms with Crippen LogP contribution in [0.15, 0.2) is 24.3 Å². The minimum Gasteiger partial charge on any atom is -0.452 e. The average Bonchev–Trinajstić information content (AvgIpc) is 2.54. The number of carbonyl (C=O) groups excluding carboxylic acids is 2. The molecule has 126 valence electrons. The minimum atomic E-state index is -0.484. The number of esters is 1. The lowest BCUT2D eigenvalue weighted by Gasteiger charge is -2.26. The van der Waals surface area contributed by atoms with Gasteiger partial charge in [-0.05, 0) is 31.5 Å². The third kappa shape index (κ3) is 6.00. The predicted molar refractivity (Wildman–Crippen MR) is 86.1 cm³/mol. The van der Waals surface area contributed by atoms with Crippen molar-refractivity contribution in [1.29, 1.82) is 0 Å². The molecule has 1 aromatic rings. The Hall–Kier alpha value is -1.92. The van der Waals surface area contributed by atoms with E-state index in [1.807, 2.05) is 26.0 Å². The lowest BCUT2D eigenvalue weighted by atomic mass is 10.1. The first-order chi connectivity index (χ1) is 11.0. The van der Waals surface area contributed by atoms with Gasteiger partial charge < -0.3 is 14.8 Å². The van der Waals surface area contributed by atoms with Gasteiger partial charge in [-0.25, -0.2) is 4.79 Å². The maximum atomic E-state index is 11.9. The van der Waals surface area contributed by atoms with Crippen molar-refractivity contribution >= 4 is 11.9 Å². The van der Waals surface area contributed by atoms with Crippen LogP contribution in [0.3, 0.4) is 0 Å². The van der Waals surface area contributed by atoms with Gasteiger partial charge in [-0.3, -0.25) is 9.69 Å². The van der Waals surface area contributed by atoms with Gasteiger partial charge in [-0.15, -0.1) is 0 Å². The maximum Gasteiger partial charge on any atom is 0.338 e. The summed E-state index contributed by atoms with van der Waals surface area (Å²) >= 11 is 0. The van der Waals surface area contributed by atoms with Crippen LogP contribution in [0.4, 0.5) is 0 Å². The Balaban J connectivity index is 1.81. The van der Waals surface area contributed by atoms with E-state index >= 15 is 0 Å². The molecule has 1 aliphatic rings. The van der Waals surface area contributed by atoms with E-state index in [-0.39, 0.29) is 18.6 Å². The molecule has 1 amide bonds. The van der Waals surface area contributed by atoms with Crippen molar-refractivity contribution < 1.29 is 19.1 Å². The molecule has 1 heterocycles. The summed E-state index contributed by atoms with van der Waals surface area (Å²) in [7, 11) is 0. The highest BCUT2D eigenvalue weighted by molar-refractivity contribution is 5.91. The molecule has 6 nitrogen and oxygen atoms in total. The molecule has 1 aromatic carbocycles. The van der Waals surface area contributed by atoms with E-state index in [9.17, 15) is 9.59 Å². The molecule has 0 spiro atoms. The molecule has 0 aliphatic carbocycles. The van der Waals surface area contributed by atoms with Crippen LogP contribution in [-0.4, -0.2) is 55.7 Å². The topological polar surface area (TPSA) is 67.9 Å². The van der Waals surface area contributed by atoms with Crippen molar-refractivity contribution in [3.63, 3.8) is 0 Å². The van der Waals surface area contributed by atoms with E-state index < -0.39 is 5.97 Å². The first-order valence-electron chi connectivity index (χ1n) is 7.90. The SMILES string of the molecule is CC(C)NC(=O)COC(=O)c1ccc(CN2CCOCC2)cc1. The lowest BCUT2D eigenvalue weighted by molar-refractivity contribution is -0.124. The molecule has 1 saturated heterocycles. The quantitative estimate of drug-likeness (QED) is 0.798. The third-order valence-corrected chi connectivity index (χ3v) is 3.48. The zero-order chi connectivity index (χ0) is 16.7. The second-order valence-corrected chi connectivity index (χ2v) is 5.88. The molecular weight excluding hydrogens is 296 g/mol. The highest BCUT2D eigenvalue weighted by atomic mass is 16.5. The number of hydrogen-bond donors (Lipinski definition) is 1. The molecule has 0 aromatic heterocycles. The lowest BCUT2D eigenvalue weighted by Crippen LogP contribution is -2.35. The Morgan fingerprint density at radius 2 is 1.87 bits per heavy atom. The first-order valence-corrected chi connectivity index (χ1v) is 7.90. The van der Waals surface area contributed by atoms with E-state index in [0.29, 0.717) is 5.56 Å². The van der Waals surface area contributed by atoms with Crippen LogP contribution in [-0.2, 0) is 20.8 Å². The number of hydrogen-bond acceptors (Lipinski definition) is 5. The van der Waals surface area contributed by atoms with Crippen molar-refractivity contribution in [2.24, 2.45) is 0 Å². The Morgan fingerprint density at radius 1 is 1.22 bits per heavy atom.